The molecule has 5 atom stereocenters. The summed E-state index contributed by atoms with van der Waals surface area (Å²) in [5.41, 5.74) is 3.85. The minimum atomic E-state index is -0.250. The van der Waals surface area contributed by atoms with E-state index in [1.807, 2.05) is 6.20 Å². The van der Waals surface area contributed by atoms with E-state index in [0.717, 1.165) is 50.0 Å². The Morgan fingerprint density at radius 1 is 1.06 bits per heavy atom. The van der Waals surface area contributed by atoms with Crippen LogP contribution in [-0.4, -0.2) is 18.2 Å². The van der Waals surface area contributed by atoms with Gasteiger partial charge < -0.3 is 9.47 Å². The average molecular weight is 438 g/mol. The van der Waals surface area contributed by atoms with Crippen LogP contribution in [0, 0.1) is 34.4 Å². The van der Waals surface area contributed by atoms with Crippen LogP contribution in [0.25, 0.3) is 5.57 Å². The Morgan fingerprint density at radius 2 is 1.88 bits per heavy atom. The summed E-state index contributed by atoms with van der Waals surface area (Å²) >= 11 is 0. The highest BCUT2D eigenvalue weighted by molar-refractivity contribution is 5.72. The smallest absolute Gasteiger partial charge is 0.142 e. The lowest BCUT2D eigenvalue weighted by molar-refractivity contribution is -0.0229. The Hall–Kier alpha value is -2.10. The first-order chi connectivity index (χ1) is 15.4. The summed E-state index contributed by atoms with van der Waals surface area (Å²) in [6, 6.07) is 1.66. The van der Waals surface area contributed by atoms with Crippen molar-refractivity contribution < 1.29 is 13.9 Å². The van der Waals surface area contributed by atoms with E-state index in [1.54, 1.807) is 6.07 Å². The molecule has 4 heteroatoms. The van der Waals surface area contributed by atoms with Gasteiger partial charge in [-0.25, -0.2) is 4.39 Å². The molecule has 0 spiro atoms. The molecule has 1 aromatic rings. The highest BCUT2D eigenvalue weighted by Crippen LogP contribution is 2.67. The van der Waals surface area contributed by atoms with Gasteiger partial charge in [0, 0.05) is 19.0 Å². The zero-order valence-electron chi connectivity index (χ0n) is 19.9. The van der Waals surface area contributed by atoms with Gasteiger partial charge in [-0.1, -0.05) is 19.9 Å². The van der Waals surface area contributed by atoms with Gasteiger partial charge in [-0.2, -0.15) is 0 Å². The van der Waals surface area contributed by atoms with Crippen LogP contribution in [-0.2, 0) is 9.47 Å². The molecule has 0 aromatic carbocycles. The Bertz CT molecular complexity index is 995. The van der Waals surface area contributed by atoms with E-state index in [0.29, 0.717) is 24.4 Å². The molecule has 5 rings (SSSR count). The second-order valence-corrected chi connectivity index (χ2v) is 10.5. The standard InChI is InChI=1S/C28H36FNO2/c1-5-31-20-9-11-28(4)24-10-12-27(3)22(18-13-19(29)17-30-16-18)7-8-23(27)21(24)15-26(32-6-2)25(28)14-20/h7,13-14,16-17,21,23-24H,5-6,8-12,15H2,1-4H3/t21-,23-,24-,27+,28+/m0/s1. The monoisotopic (exact) mass is 437 g/mol. The highest BCUT2D eigenvalue weighted by atomic mass is 19.1. The van der Waals surface area contributed by atoms with Crippen molar-refractivity contribution in [2.75, 3.05) is 13.2 Å². The van der Waals surface area contributed by atoms with Gasteiger partial charge >= 0.3 is 0 Å². The van der Waals surface area contributed by atoms with Gasteiger partial charge in [0.25, 0.3) is 0 Å². The van der Waals surface area contributed by atoms with Crippen LogP contribution < -0.4 is 0 Å². The van der Waals surface area contributed by atoms with E-state index in [1.165, 1.54) is 29.5 Å². The molecule has 0 bridgehead atoms. The third-order valence-corrected chi connectivity index (χ3v) is 9.03. The van der Waals surface area contributed by atoms with Crippen molar-refractivity contribution in [2.45, 2.75) is 66.2 Å². The zero-order valence-corrected chi connectivity index (χ0v) is 19.9. The minimum absolute atomic E-state index is 0.0722. The molecule has 3 nitrogen and oxygen atoms in total. The fourth-order valence-corrected chi connectivity index (χ4v) is 7.57. The number of fused-ring (bicyclic) bond motifs is 5. The second kappa shape index (κ2) is 8.04. The second-order valence-electron chi connectivity index (χ2n) is 10.5. The number of nitrogens with zero attached hydrogens (tertiary/aromatic N) is 1. The van der Waals surface area contributed by atoms with Crippen LogP contribution in [0.5, 0.6) is 0 Å². The predicted molar refractivity (Wildman–Crippen MR) is 125 cm³/mol. The molecule has 1 heterocycles. The highest BCUT2D eigenvalue weighted by Gasteiger charge is 2.58. The molecule has 0 saturated heterocycles. The summed E-state index contributed by atoms with van der Waals surface area (Å²) in [4.78, 5) is 4.14. The topological polar surface area (TPSA) is 31.4 Å². The molecule has 0 amide bonds. The van der Waals surface area contributed by atoms with Gasteiger partial charge in [0.1, 0.15) is 11.6 Å². The van der Waals surface area contributed by atoms with Gasteiger partial charge in [-0.05, 0) is 97.0 Å². The van der Waals surface area contributed by atoms with Gasteiger partial charge in [0.2, 0.25) is 0 Å². The van der Waals surface area contributed by atoms with Crippen molar-refractivity contribution in [3.63, 3.8) is 0 Å². The normalized spacial score (nSPS) is 36.0. The Kier molecular flexibility index (Phi) is 5.46. The van der Waals surface area contributed by atoms with Gasteiger partial charge in [0.15, 0.2) is 0 Å². The van der Waals surface area contributed by atoms with Crippen LogP contribution in [0.2, 0.25) is 0 Å². The van der Waals surface area contributed by atoms with E-state index in [-0.39, 0.29) is 16.6 Å². The summed E-state index contributed by atoms with van der Waals surface area (Å²) in [6.45, 7) is 10.4. The van der Waals surface area contributed by atoms with Gasteiger partial charge in [0.05, 0.1) is 25.2 Å². The van der Waals surface area contributed by atoms with E-state index in [9.17, 15) is 4.39 Å². The molecule has 0 aliphatic heterocycles. The molecule has 4 aliphatic rings. The van der Waals surface area contributed by atoms with E-state index in [2.05, 4.69) is 44.8 Å². The van der Waals surface area contributed by atoms with Crippen LogP contribution in [0.3, 0.4) is 0 Å². The number of ether oxygens (including phenoxy) is 2. The lowest BCUT2D eigenvalue weighted by atomic mass is 9.47. The third kappa shape index (κ3) is 3.24. The summed E-state index contributed by atoms with van der Waals surface area (Å²) < 4.78 is 26.2. The first-order valence-corrected chi connectivity index (χ1v) is 12.4. The SMILES string of the molecule is CCOC1=CC2=C(OCC)C[C@@H]3[C@H](CC[C@]4(C)C(c5cncc(F)c5)=CC[C@@H]34)[C@@]2(C)CC1. The molecule has 1 saturated carbocycles. The number of hydrogen-bond donors (Lipinski definition) is 0. The fourth-order valence-electron chi connectivity index (χ4n) is 7.57. The summed E-state index contributed by atoms with van der Waals surface area (Å²) in [7, 11) is 0. The van der Waals surface area contributed by atoms with Crippen molar-refractivity contribution in [1.29, 1.82) is 0 Å². The van der Waals surface area contributed by atoms with Crippen molar-refractivity contribution in [3.8, 4) is 0 Å². The fraction of sp³-hybridized carbons (Fsp3) is 0.607. The molecular formula is C28H36FNO2. The molecule has 4 aliphatic carbocycles. The van der Waals surface area contributed by atoms with Gasteiger partial charge in [-0.15, -0.1) is 0 Å². The maximum atomic E-state index is 14.0. The third-order valence-electron chi connectivity index (χ3n) is 9.03. The minimum Gasteiger partial charge on any atom is -0.498 e. The van der Waals surface area contributed by atoms with E-state index < -0.39 is 0 Å². The number of pyridine rings is 1. The lowest BCUT2D eigenvalue weighted by Crippen LogP contribution is -2.49. The molecule has 1 fully saturated rings. The molecule has 0 radical (unpaired) electrons. The number of allylic oxidation sites excluding steroid dienone is 6. The number of hydrogen-bond acceptors (Lipinski definition) is 3. The Labute approximate surface area is 191 Å². The Morgan fingerprint density at radius 3 is 2.62 bits per heavy atom. The van der Waals surface area contributed by atoms with Crippen LogP contribution in [0.1, 0.15) is 71.8 Å². The first kappa shape index (κ1) is 21.7. The molecule has 0 unspecified atom stereocenters. The van der Waals surface area contributed by atoms with E-state index >= 15 is 0 Å². The van der Waals surface area contributed by atoms with Crippen molar-refractivity contribution in [1.82, 2.24) is 4.98 Å². The summed E-state index contributed by atoms with van der Waals surface area (Å²) in [5.74, 6) is 3.84. The molecule has 1 aromatic heterocycles. The molecule has 0 N–H and O–H groups in total. The molecule has 32 heavy (non-hydrogen) atoms. The molecule has 172 valence electrons. The number of aromatic nitrogens is 1. The maximum absolute atomic E-state index is 14.0. The quantitative estimate of drug-likeness (QED) is 0.493. The van der Waals surface area contributed by atoms with Crippen LogP contribution >= 0.6 is 0 Å². The number of halogens is 1. The predicted octanol–water partition coefficient (Wildman–Crippen LogP) is 7.07. The van der Waals surface area contributed by atoms with Crippen molar-refractivity contribution in [2.24, 2.45) is 28.6 Å². The van der Waals surface area contributed by atoms with Crippen molar-refractivity contribution >= 4 is 5.57 Å². The zero-order chi connectivity index (χ0) is 22.5. The first-order valence-electron chi connectivity index (χ1n) is 12.4. The van der Waals surface area contributed by atoms with Crippen molar-refractivity contribution in [3.05, 3.63) is 59.1 Å². The maximum Gasteiger partial charge on any atom is 0.142 e. The largest absolute Gasteiger partial charge is 0.498 e. The summed E-state index contributed by atoms with van der Waals surface area (Å²) in [6.07, 6.45) is 14.4. The molecular weight excluding hydrogens is 401 g/mol. The summed E-state index contributed by atoms with van der Waals surface area (Å²) in [5, 5.41) is 0. The van der Waals surface area contributed by atoms with Crippen LogP contribution in [0.4, 0.5) is 4.39 Å². The lowest BCUT2D eigenvalue weighted by Gasteiger charge is -2.57. The average Bonchev–Trinajstić information content (AvgIpc) is 3.12. The van der Waals surface area contributed by atoms with Gasteiger partial charge in [-0.3, -0.25) is 4.98 Å². The Balaban J connectivity index is 1.52. The number of rotatable bonds is 5. The van der Waals surface area contributed by atoms with E-state index in [4.69, 9.17) is 9.47 Å². The van der Waals surface area contributed by atoms with Crippen LogP contribution in [0.15, 0.2) is 47.7 Å².